The normalized spacial score (nSPS) is 16.6. The zero-order valence-electron chi connectivity index (χ0n) is 34.3. The van der Waals surface area contributed by atoms with Gasteiger partial charge >= 0.3 is 0 Å². The maximum absolute atomic E-state index is 14.0. The summed E-state index contributed by atoms with van der Waals surface area (Å²) in [7, 11) is 5.08. The van der Waals surface area contributed by atoms with E-state index in [4.69, 9.17) is 28.9 Å². The highest BCUT2D eigenvalue weighted by molar-refractivity contribution is 6.16. The second-order valence-corrected chi connectivity index (χ2v) is 15.5. The summed E-state index contributed by atoms with van der Waals surface area (Å²) >= 11 is 0. The van der Waals surface area contributed by atoms with E-state index in [1.165, 1.54) is 6.08 Å². The molecule has 0 fully saturated rings. The summed E-state index contributed by atoms with van der Waals surface area (Å²) in [4.78, 5) is 55.2. The van der Waals surface area contributed by atoms with Gasteiger partial charge < -0.3 is 23.8 Å². The van der Waals surface area contributed by atoms with Crippen LogP contribution in [-0.4, -0.2) is 69.9 Å². The summed E-state index contributed by atoms with van der Waals surface area (Å²) < 4.78 is 24.4. The van der Waals surface area contributed by atoms with Crippen LogP contribution in [0.1, 0.15) is 55.8 Å². The molecule has 4 aliphatic heterocycles. The number of rotatable bonds is 14. The molecule has 0 spiro atoms. The Balaban J connectivity index is 0.974. The number of hydrogen-bond acceptors (Lipinski definition) is 10. The quantitative estimate of drug-likeness (QED) is 0.103. The van der Waals surface area contributed by atoms with Gasteiger partial charge in [-0.25, -0.2) is 0 Å². The Hall–Kier alpha value is -7.21. The molecular formula is C49H45N5O7. The number of fused-ring (bicyclic) bond motifs is 8. The molecule has 0 radical (unpaired) electrons. The maximum Gasteiger partial charge on any atom is 0.261 e. The fourth-order valence-electron chi connectivity index (χ4n) is 8.55. The number of nitrogens with zero attached hydrogens (tertiary/aromatic N) is 5. The van der Waals surface area contributed by atoms with Gasteiger partial charge in [0.1, 0.15) is 13.2 Å². The van der Waals surface area contributed by atoms with Crippen LogP contribution >= 0.6 is 0 Å². The van der Waals surface area contributed by atoms with E-state index in [1.807, 2.05) is 86.2 Å². The number of amides is 2. The zero-order chi connectivity index (χ0) is 42.2. The Morgan fingerprint density at radius 3 is 1.69 bits per heavy atom. The number of ketones is 1. The summed E-state index contributed by atoms with van der Waals surface area (Å²) in [6, 6.07) is 28.5. The van der Waals surface area contributed by atoms with Crippen LogP contribution in [0.2, 0.25) is 0 Å². The van der Waals surface area contributed by atoms with E-state index in [1.54, 1.807) is 48.3 Å². The molecule has 12 nitrogen and oxygen atoms in total. The minimum atomic E-state index is -0.181. The predicted octanol–water partition coefficient (Wildman–Crippen LogP) is 8.41. The SMILES string of the molecule is C=CC(=O)CCCN(C)c1cc(COc2cc3c(cc2OC)C(=O)N2c4ccccc4C[C@H]2C=N3)cc(COc2cc3c(cc2OC)C(=O)N2c4ccccc4C[C@H]2C=N3)c1. The summed E-state index contributed by atoms with van der Waals surface area (Å²) in [6.45, 7) is 4.56. The molecule has 2 amide bonds. The van der Waals surface area contributed by atoms with E-state index < -0.39 is 0 Å². The standard InChI is InChI=1S/C49H45N5O7/c1-5-37(55)13-10-16-52(2)34-18-30(28-60-46-24-40-38(22-44(46)58-3)48(56)53-35(26-50-40)20-32-11-6-8-14-42(32)53)17-31(19-34)29-61-47-25-41-39(23-45(47)59-4)49(57)54-36(27-51-41)21-33-12-7-9-15-43(33)54/h5-9,11-12,14-15,17-19,22-27,35-36H,1,10,13,16,20-21,28-29H2,2-4H3/t35-,36-/m0/s1. The number of hydrogen-bond donors (Lipinski definition) is 0. The highest BCUT2D eigenvalue weighted by Crippen LogP contribution is 2.43. The summed E-state index contributed by atoms with van der Waals surface area (Å²) in [5.41, 5.74) is 8.51. The Labute approximate surface area is 354 Å². The largest absolute Gasteiger partial charge is 0.493 e. The molecule has 0 saturated carbocycles. The number of ether oxygens (including phenoxy) is 4. The lowest BCUT2D eigenvalue weighted by Gasteiger charge is -2.23. The first kappa shape index (κ1) is 39.3. The fraction of sp³-hybridized carbons (Fsp3) is 0.245. The van der Waals surface area contributed by atoms with E-state index in [0.29, 0.717) is 77.7 Å². The summed E-state index contributed by atoms with van der Waals surface area (Å²) in [6.07, 6.45) is 7.46. The summed E-state index contributed by atoms with van der Waals surface area (Å²) in [5.74, 6) is 1.44. The first-order chi connectivity index (χ1) is 29.7. The van der Waals surface area contributed by atoms with Crippen molar-refractivity contribution in [1.29, 1.82) is 0 Å². The molecule has 0 N–H and O–H groups in total. The van der Waals surface area contributed by atoms with E-state index in [-0.39, 0.29) is 42.9 Å². The topological polar surface area (TPSA) is 123 Å². The van der Waals surface area contributed by atoms with Gasteiger partial charge in [0.2, 0.25) is 0 Å². The van der Waals surface area contributed by atoms with Crippen LogP contribution < -0.4 is 33.6 Å². The van der Waals surface area contributed by atoms with Crippen molar-refractivity contribution >= 4 is 58.5 Å². The molecule has 308 valence electrons. The minimum Gasteiger partial charge on any atom is -0.493 e. The lowest BCUT2D eigenvalue weighted by atomic mass is 10.1. The van der Waals surface area contributed by atoms with Gasteiger partial charge in [0, 0.05) is 74.5 Å². The van der Waals surface area contributed by atoms with Crippen LogP contribution in [0, 0.1) is 0 Å². The highest BCUT2D eigenvalue weighted by Gasteiger charge is 2.38. The van der Waals surface area contributed by atoms with Crippen molar-refractivity contribution < 1.29 is 33.3 Å². The zero-order valence-corrected chi connectivity index (χ0v) is 34.3. The lowest BCUT2D eigenvalue weighted by Crippen LogP contribution is -2.37. The smallest absolute Gasteiger partial charge is 0.261 e. The van der Waals surface area contributed by atoms with Crippen LogP contribution in [-0.2, 0) is 30.8 Å². The van der Waals surface area contributed by atoms with Crippen molar-refractivity contribution in [3.63, 3.8) is 0 Å². The van der Waals surface area contributed by atoms with Gasteiger partial charge in [-0.15, -0.1) is 0 Å². The summed E-state index contributed by atoms with van der Waals surface area (Å²) in [5, 5.41) is 0. The van der Waals surface area contributed by atoms with Gasteiger partial charge in [0.05, 0.1) is 48.8 Å². The number of para-hydroxylation sites is 2. The first-order valence-electron chi connectivity index (χ1n) is 20.3. The monoisotopic (exact) mass is 815 g/mol. The molecule has 5 aromatic carbocycles. The molecule has 0 aromatic heterocycles. The Bertz CT molecular complexity index is 2490. The first-order valence-corrected chi connectivity index (χ1v) is 20.3. The van der Waals surface area contributed by atoms with Gasteiger partial charge in [-0.2, -0.15) is 0 Å². The molecule has 5 aromatic rings. The number of benzene rings is 5. The van der Waals surface area contributed by atoms with Crippen molar-refractivity contribution in [2.75, 3.05) is 42.5 Å². The van der Waals surface area contributed by atoms with Gasteiger partial charge in [0.25, 0.3) is 11.8 Å². The Morgan fingerprint density at radius 2 is 1.21 bits per heavy atom. The molecule has 0 unspecified atom stereocenters. The Morgan fingerprint density at radius 1 is 0.721 bits per heavy atom. The van der Waals surface area contributed by atoms with E-state index in [9.17, 15) is 14.4 Å². The van der Waals surface area contributed by atoms with E-state index in [0.717, 1.165) is 39.3 Å². The van der Waals surface area contributed by atoms with Crippen molar-refractivity contribution in [3.05, 3.63) is 137 Å². The van der Waals surface area contributed by atoms with Crippen LogP contribution in [0.3, 0.4) is 0 Å². The molecule has 12 heteroatoms. The average Bonchev–Trinajstić information content (AvgIpc) is 3.78. The van der Waals surface area contributed by atoms with Gasteiger partial charge in [-0.1, -0.05) is 43.0 Å². The fourth-order valence-corrected chi connectivity index (χ4v) is 8.55. The molecular weight excluding hydrogens is 771 g/mol. The lowest BCUT2D eigenvalue weighted by molar-refractivity contribution is -0.114. The molecule has 4 aliphatic rings. The number of allylic oxidation sites excluding steroid dienone is 1. The molecule has 9 rings (SSSR count). The molecule has 0 aliphatic carbocycles. The van der Waals surface area contributed by atoms with E-state index in [2.05, 4.69) is 11.5 Å². The second kappa shape index (κ2) is 16.4. The van der Waals surface area contributed by atoms with Crippen LogP contribution in [0.4, 0.5) is 28.4 Å². The van der Waals surface area contributed by atoms with Gasteiger partial charge in [-0.3, -0.25) is 34.2 Å². The number of aliphatic imine (C=N–C) groups is 2. The van der Waals surface area contributed by atoms with Crippen LogP contribution in [0.5, 0.6) is 23.0 Å². The van der Waals surface area contributed by atoms with Crippen LogP contribution in [0.25, 0.3) is 0 Å². The van der Waals surface area contributed by atoms with Crippen molar-refractivity contribution in [2.45, 2.75) is 51.0 Å². The molecule has 0 bridgehead atoms. The molecule has 0 saturated heterocycles. The van der Waals surface area contributed by atoms with Gasteiger partial charge in [0.15, 0.2) is 28.8 Å². The number of carbonyl (C=O) groups is 3. The number of methoxy groups -OCH3 is 2. The molecule has 2 atom stereocenters. The van der Waals surface area contributed by atoms with Crippen molar-refractivity contribution in [3.8, 4) is 23.0 Å². The predicted molar refractivity (Wildman–Crippen MR) is 237 cm³/mol. The van der Waals surface area contributed by atoms with Gasteiger partial charge in [-0.05, 0) is 77.2 Å². The van der Waals surface area contributed by atoms with Crippen molar-refractivity contribution in [1.82, 2.24) is 0 Å². The molecule has 61 heavy (non-hydrogen) atoms. The van der Waals surface area contributed by atoms with Crippen LogP contribution in [0.15, 0.2) is 114 Å². The minimum absolute atomic E-state index is 0.00142. The Kier molecular flexibility index (Phi) is 10.6. The maximum atomic E-state index is 14.0. The third-order valence-corrected chi connectivity index (χ3v) is 11.7. The third-order valence-electron chi connectivity index (χ3n) is 11.7. The second-order valence-electron chi connectivity index (χ2n) is 15.5. The van der Waals surface area contributed by atoms with E-state index >= 15 is 0 Å². The third kappa shape index (κ3) is 7.50. The highest BCUT2D eigenvalue weighted by atomic mass is 16.5. The number of carbonyl (C=O) groups excluding carboxylic acids is 3. The van der Waals surface area contributed by atoms with Crippen molar-refractivity contribution in [2.24, 2.45) is 9.98 Å². The molecule has 4 heterocycles. The number of anilines is 3. The average molecular weight is 816 g/mol.